The summed E-state index contributed by atoms with van der Waals surface area (Å²) < 4.78 is 42.5. The first-order valence-corrected chi connectivity index (χ1v) is 14.8. The molecular formula is C31H38FN3O4S. The minimum Gasteiger partial charge on any atom is -0.354 e. The van der Waals surface area contributed by atoms with Crippen LogP contribution in [0.25, 0.3) is 0 Å². The number of hydrogen-bond donors (Lipinski definition) is 1. The molecule has 1 atom stereocenters. The molecule has 0 bridgehead atoms. The zero-order chi connectivity index (χ0) is 29.4. The minimum atomic E-state index is -4.13. The maximum Gasteiger partial charge on any atom is 0.264 e. The van der Waals surface area contributed by atoms with E-state index in [0.29, 0.717) is 29.8 Å². The van der Waals surface area contributed by atoms with Crippen LogP contribution in [0.15, 0.2) is 77.7 Å². The molecule has 0 aliphatic heterocycles. The SMILES string of the molecule is CCC(C(=O)NCC(C)C)N(Cc1ccc(F)cc1)C(=O)CN(c1ccc(C)cc1C)S(=O)(=O)c1ccccc1. The van der Waals surface area contributed by atoms with Gasteiger partial charge in [-0.05, 0) is 67.6 Å². The van der Waals surface area contributed by atoms with E-state index in [4.69, 9.17) is 0 Å². The molecule has 1 N–H and O–H groups in total. The Balaban J connectivity index is 2.06. The molecule has 3 rings (SSSR count). The Morgan fingerprint density at radius 2 is 1.60 bits per heavy atom. The van der Waals surface area contributed by atoms with E-state index in [2.05, 4.69) is 5.32 Å². The number of benzene rings is 3. The van der Waals surface area contributed by atoms with Crippen molar-refractivity contribution in [2.24, 2.45) is 5.92 Å². The van der Waals surface area contributed by atoms with E-state index in [1.54, 1.807) is 56.3 Å². The second kappa shape index (κ2) is 13.6. The zero-order valence-electron chi connectivity index (χ0n) is 23.7. The Morgan fingerprint density at radius 3 is 2.17 bits per heavy atom. The van der Waals surface area contributed by atoms with Crippen LogP contribution in [0.4, 0.5) is 10.1 Å². The monoisotopic (exact) mass is 567 g/mol. The Bertz CT molecular complexity index is 1410. The predicted molar refractivity (Wildman–Crippen MR) is 156 cm³/mol. The summed E-state index contributed by atoms with van der Waals surface area (Å²) in [6.07, 6.45) is 0.311. The lowest BCUT2D eigenvalue weighted by Crippen LogP contribution is -2.52. The molecule has 0 aliphatic rings. The fourth-order valence-corrected chi connectivity index (χ4v) is 5.95. The van der Waals surface area contributed by atoms with Crippen molar-refractivity contribution in [2.45, 2.75) is 58.5 Å². The Hall–Kier alpha value is -3.72. The number of nitrogens with one attached hydrogen (secondary N) is 1. The Morgan fingerprint density at radius 1 is 0.950 bits per heavy atom. The number of amides is 2. The molecule has 0 saturated heterocycles. The van der Waals surface area contributed by atoms with E-state index in [1.165, 1.54) is 29.2 Å². The van der Waals surface area contributed by atoms with Gasteiger partial charge in [0.2, 0.25) is 11.8 Å². The first-order chi connectivity index (χ1) is 18.9. The van der Waals surface area contributed by atoms with Crippen LogP contribution in [0.3, 0.4) is 0 Å². The van der Waals surface area contributed by atoms with Gasteiger partial charge in [0.25, 0.3) is 10.0 Å². The summed E-state index contributed by atoms with van der Waals surface area (Å²) in [5.74, 6) is -1.08. The fourth-order valence-electron chi connectivity index (χ4n) is 4.45. The molecule has 0 aromatic heterocycles. The van der Waals surface area contributed by atoms with Crippen LogP contribution in [0.2, 0.25) is 0 Å². The lowest BCUT2D eigenvalue weighted by atomic mass is 10.1. The van der Waals surface area contributed by atoms with Gasteiger partial charge in [0, 0.05) is 13.1 Å². The van der Waals surface area contributed by atoms with E-state index in [9.17, 15) is 22.4 Å². The van der Waals surface area contributed by atoms with Crippen LogP contribution >= 0.6 is 0 Å². The molecule has 0 fully saturated rings. The van der Waals surface area contributed by atoms with Crippen molar-refractivity contribution in [2.75, 3.05) is 17.4 Å². The highest BCUT2D eigenvalue weighted by Crippen LogP contribution is 2.28. The van der Waals surface area contributed by atoms with Crippen LogP contribution in [-0.2, 0) is 26.2 Å². The van der Waals surface area contributed by atoms with E-state index in [1.807, 2.05) is 26.8 Å². The molecule has 214 valence electrons. The van der Waals surface area contributed by atoms with E-state index in [-0.39, 0.29) is 23.3 Å². The zero-order valence-corrected chi connectivity index (χ0v) is 24.5. The van der Waals surface area contributed by atoms with Gasteiger partial charge in [0.15, 0.2) is 0 Å². The lowest BCUT2D eigenvalue weighted by molar-refractivity contribution is -0.140. The van der Waals surface area contributed by atoms with Gasteiger partial charge in [-0.1, -0.05) is 68.8 Å². The summed E-state index contributed by atoms with van der Waals surface area (Å²) in [7, 11) is -4.13. The van der Waals surface area contributed by atoms with Crippen molar-refractivity contribution in [3.63, 3.8) is 0 Å². The number of aryl methyl sites for hydroxylation is 2. The van der Waals surface area contributed by atoms with Gasteiger partial charge in [0.1, 0.15) is 18.4 Å². The number of anilines is 1. The molecule has 3 aromatic carbocycles. The van der Waals surface area contributed by atoms with Gasteiger partial charge < -0.3 is 10.2 Å². The standard InChI is InChI=1S/C31H38FN3O4S/c1-6-28(31(37)33-19-22(2)3)34(20-25-13-15-26(32)16-14-25)30(36)21-35(29-17-12-23(4)18-24(29)5)40(38,39)27-10-8-7-9-11-27/h7-18,22,28H,6,19-21H2,1-5H3,(H,33,37). The van der Waals surface area contributed by atoms with Gasteiger partial charge in [-0.25, -0.2) is 12.8 Å². The normalized spacial score (nSPS) is 12.2. The third-order valence-electron chi connectivity index (χ3n) is 6.57. The average Bonchev–Trinajstić information content (AvgIpc) is 2.92. The van der Waals surface area contributed by atoms with Crippen LogP contribution in [0.5, 0.6) is 0 Å². The van der Waals surface area contributed by atoms with Gasteiger partial charge in [-0.3, -0.25) is 13.9 Å². The number of hydrogen-bond acceptors (Lipinski definition) is 4. The maximum absolute atomic E-state index is 14.1. The first kappa shape index (κ1) is 30.8. The predicted octanol–water partition coefficient (Wildman–Crippen LogP) is 5.22. The summed E-state index contributed by atoms with van der Waals surface area (Å²) in [6.45, 7) is 9.37. The molecule has 2 amide bonds. The second-order valence-electron chi connectivity index (χ2n) is 10.3. The first-order valence-electron chi connectivity index (χ1n) is 13.4. The smallest absolute Gasteiger partial charge is 0.264 e. The summed E-state index contributed by atoms with van der Waals surface area (Å²) in [5.41, 5.74) is 2.64. The molecule has 3 aromatic rings. The Kier molecular flexibility index (Phi) is 10.5. The third-order valence-corrected chi connectivity index (χ3v) is 8.34. The lowest BCUT2D eigenvalue weighted by Gasteiger charge is -2.33. The quantitative estimate of drug-likeness (QED) is 0.325. The molecule has 0 radical (unpaired) electrons. The molecule has 0 aliphatic carbocycles. The van der Waals surface area contributed by atoms with Gasteiger partial charge in [-0.2, -0.15) is 0 Å². The number of carbonyl (C=O) groups is 2. The van der Waals surface area contributed by atoms with E-state index >= 15 is 0 Å². The topological polar surface area (TPSA) is 86.8 Å². The number of rotatable bonds is 12. The van der Waals surface area contributed by atoms with Gasteiger partial charge in [0.05, 0.1) is 10.6 Å². The maximum atomic E-state index is 14.1. The highest BCUT2D eigenvalue weighted by molar-refractivity contribution is 7.92. The summed E-state index contributed by atoms with van der Waals surface area (Å²) in [4.78, 5) is 28.7. The van der Waals surface area contributed by atoms with Crippen LogP contribution < -0.4 is 9.62 Å². The fraction of sp³-hybridized carbons (Fsp3) is 0.355. The number of carbonyl (C=O) groups excluding carboxylic acids is 2. The molecule has 9 heteroatoms. The van der Waals surface area contributed by atoms with Crippen LogP contribution in [0.1, 0.15) is 43.9 Å². The molecule has 0 saturated carbocycles. The highest BCUT2D eigenvalue weighted by atomic mass is 32.2. The molecule has 1 unspecified atom stereocenters. The van der Waals surface area contributed by atoms with Crippen molar-refractivity contribution >= 4 is 27.5 Å². The highest BCUT2D eigenvalue weighted by Gasteiger charge is 2.34. The van der Waals surface area contributed by atoms with Crippen LogP contribution in [-0.4, -0.2) is 44.3 Å². The average molecular weight is 568 g/mol. The van der Waals surface area contributed by atoms with E-state index < -0.39 is 34.3 Å². The molecule has 40 heavy (non-hydrogen) atoms. The molecule has 7 nitrogen and oxygen atoms in total. The van der Waals surface area contributed by atoms with E-state index in [0.717, 1.165) is 9.87 Å². The molecular weight excluding hydrogens is 529 g/mol. The van der Waals surface area contributed by atoms with Crippen molar-refractivity contribution in [1.82, 2.24) is 10.2 Å². The van der Waals surface area contributed by atoms with Crippen molar-refractivity contribution < 1.29 is 22.4 Å². The summed E-state index contributed by atoms with van der Waals surface area (Å²) >= 11 is 0. The van der Waals surface area contributed by atoms with Crippen LogP contribution in [0, 0.1) is 25.6 Å². The molecule has 0 heterocycles. The number of nitrogens with zero attached hydrogens (tertiary/aromatic N) is 2. The number of sulfonamides is 1. The van der Waals surface area contributed by atoms with Gasteiger partial charge >= 0.3 is 0 Å². The third kappa shape index (κ3) is 7.69. The summed E-state index contributed by atoms with van der Waals surface area (Å²) in [6, 6.07) is 18.1. The largest absolute Gasteiger partial charge is 0.354 e. The van der Waals surface area contributed by atoms with Crippen molar-refractivity contribution in [1.29, 1.82) is 0 Å². The number of halogens is 1. The Labute approximate surface area is 237 Å². The minimum absolute atomic E-state index is 0.0127. The summed E-state index contributed by atoms with van der Waals surface area (Å²) in [5, 5.41) is 2.90. The van der Waals surface area contributed by atoms with Crippen molar-refractivity contribution in [3.8, 4) is 0 Å². The van der Waals surface area contributed by atoms with Gasteiger partial charge in [-0.15, -0.1) is 0 Å². The van der Waals surface area contributed by atoms with Crippen molar-refractivity contribution in [3.05, 3.63) is 95.3 Å². The second-order valence-corrected chi connectivity index (χ2v) is 12.2. The molecule has 0 spiro atoms.